The minimum absolute atomic E-state index is 0.0122. The second-order valence-electron chi connectivity index (χ2n) is 7.29. The van der Waals surface area contributed by atoms with Gasteiger partial charge in [-0.05, 0) is 42.7 Å². The van der Waals surface area contributed by atoms with Crippen LogP contribution in [-0.2, 0) is 15.3 Å². The molecule has 1 heterocycles. The summed E-state index contributed by atoms with van der Waals surface area (Å²) in [7, 11) is 0. The number of rotatable bonds is 6. The Hall–Kier alpha value is -1.54. The fourth-order valence-corrected chi connectivity index (χ4v) is 4.50. The van der Waals surface area contributed by atoms with E-state index in [0.29, 0.717) is 28.8 Å². The zero-order valence-electron chi connectivity index (χ0n) is 15.1. The second kappa shape index (κ2) is 8.00. The number of nitrogens with zero attached hydrogens (tertiary/aromatic N) is 1. The summed E-state index contributed by atoms with van der Waals surface area (Å²) in [4.78, 5) is 7.17. The highest BCUT2D eigenvalue weighted by Gasteiger charge is 2.33. The van der Waals surface area contributed by atoms with Gasteiger partial charge < -0.3 is 9.72 Å². The Labute approximate surface area is 154 Å². The van der Waals surface area contributed by atoms with Gasteiger partial charge in [0.1, 0.15) is 5.75 Å². The minimum atomic E-state index is -2.90. The first-order valence-corrected chi connectivity index (χ1v) is 9.94. The van der Waals surface area contributed by atoms with E-state index < -0.39 is 17.7 Å². The number of aromatic amines is 1. The van der Waals surface area contributed by atoms with Crippen LogP contribution in [0.15, 0.2) is 23.4 Å². The van der Waals surface area contributed by atoms with E-state index in [2.05, 4.69) is 35.5 Å². The topological polar surface area (TPSA) is 64.2 Å². The van der Waals surface area contributed by atoms with Crippen molar-refractivity contribution >= 4 is 22.1 Å². The summed E-state index contributed by atoms with van der Waals surface area (Å²) >= 11 is -1.74. The lowest BCUT2D eigenvalue weighted by molar-refractivity contribution is -0.0497. The van der Waals surface area contributed by atoms with Crippen molar-refractivity contribution in [2.24, 2.45) is 17.8 Å². The molecule has 1 saturated carbocycles. The summed E-state index contributed by atoms with van der Waals surface area (Å²) in [5.74, 6) is 1.37. The molecule has 2 aromatic rings. The normalized spacial score (nSPS) is 25.1. The largest absolute Gasteiger partial charge is 0.435 e. The average Bonchev–Trinajstić information content (AvgIpc) is 2.97. The van der Waals surface area contributed by atoms with Crippen LogP contribution in [0.4, 0.5) is 8.78 Å². The van der Waals surface area contributed by atoms with Crippen molar-refractivity contribution in [1.29, 1.82) is 0 Å². The molecule has 0 spiro atoms. The lowest BCUT2D eigenvalue weighted by Gasteiger charge is -2.36. The van der Waals surface area contributed by atoms with Crippen LogP contribution in [0.1, 0.15) is 40.0 Å². The summed E-state index contributed by atoms with van der Waals surface area (Å²) in [6.07, 6.45) is 3.02. The first-order chi connectivity index (χ1) is 12.3. The van der Waals surface area contributed by atoms with Crippen LogP contribution in [-0.4, -0.2) is 26.9 Å². The van der Waals surface area contributed by atoms with E-state index in [4.69, 9.17) is 4.18 Å². The van der Waals surface area contributed by atoms with Gasteiger partial charge in [-0.2, -0.15) is 8.78 Å². The molecule has 1 aromatic carbocycles. The number of H-pyrrole nitrogens is 1. The van der Waals surface area contributed by atoms with Gasteiger partial charge in [-0.3, -0.25) is 4.18 Å². The summed E-state index contributed by atoms with van der Waals surface area (Å²) in [5.41, 5.74) is 1.00. The van der Waals surface area contributed by atoms with Crippen LogP contribution in [0, 0.1) is 17.8 Å². The number of aromatic nitrogens is 2. The maximum atomic E-state index is 12.7. The Morgan fingerprint density at radius 1 is 1.31 bits per heavy atom. The molecule has 1 aromatic heterocycles. The predicted molar refractivity (Wildman–Crippen MR) is 95.4 cm³/mol. The second-order valence-corrected chi connectivity index (χ2v) is 8.34. The molecular weight excluding hydrogens is 362 g/mol. The molecule has 3 rings (SSSR count). The monoisotopic (exact) mass is 386 g/mol. The van der Waals surface area contributed by atoms with Gasteiger partial charge in [0.15, 0.2) is 0 Å². The zero-order chi connectivity index (χ0) is 18.8. The van der Waals surface area contributed by atoms with Crippen molar-refractivity contribution in [1.82, 2.24) is 9.97 Å². The van der Waals surface area contributed by atoms with Crippen LogP contribution < -0.4 is 4.74 Å². The molecule has 0 bridgehead atoms. The number of fused-ring (bicyclic) bond motifs is 1. The molecule has 4 atom stereocenters. The van der Waals surface area contributed by atoms with Gasteiger partial charge in [-0.25, -0.2) is 9.19 Å². The van der Waals surface area contributed by atoms with Crippen molar-refractivity contribution < 1.29 is 21.9 Å². The number of hydrogen-bond donors (Lipinski definition) is 1. The van der Waals surface area contributed by atoms with Crippen LogP contribution in [0.3, 0.4) is 0 Å². The molecule has 26 heavy (non-hydrogen) atoms. The van der Waals surface area contributed by atoms with Gasteiger partial charge in [0.25, 0.3) is 0 Å². The van der Waals surface area contributed by atoms with Gasteiger partial charge in [0.05, 0.1) is 17.1 Å². The summed E-state index contributed by atoms with van der Waals surface area (Å²) < 4.78 is 47.6. The summed E-state index contributed by atoms with van der Waals surface area (Å²) in [5, 5.41) is 0.190. The third-order valence-electron chi connectivity index (χ3n) is 4.99. The van der Waals surface area contributed by atoms with Crippen molar-refractivity contribution in [3.05, 3.63) is 18.2 Å². The molecule has 1 aliphatic carbocycles. The van der Waals surface area contributed by atoms with Gasteiger partial charge in [0, 0.05) is 6.07 Å². The van der Waals surface area contributed by atoms with Crippen molar-refractivity contribution in [2.75, 3.05) is 0 Å². The van der Waals surface area contributed by atoms with Crippen LogP contribution >= 0.6 is 0 Å². The van der Waals surface area contributed by atoms with Crippen LogP contribution in [0.25, 0.3) is 11.0 Å². The fraction of sp³-hybridized carbons (Fsp3) is 0.611. The Bertz CT molecular complexity index is 781. The van der Waals surface area contributed by atoms with E-state index in [1.54, 1.807) is 6.07 Å². The number of hydrogen-bond acceptors (Lipinski definition) is 4. The van der Waals surface area contributed by atoms with Crippen molar-refractivity contribution in [2.45, 2.75) is 57.9 Å². The Kier molecular flexibility index (Phi) is 5.92. The average molecular weight is 386 g/mol. The lowest BCUT2D eigenvalue weighted by atomic mass is 9.75. The minimum Gasteiger partial charge on any atom is -0.435 e. The van der Waals surface area contributed by atoms with Gasteiger partial charge in [0.2, 0.25) is 16.2 Å². The fourth-order valence-electron chi connectivity index (χ4n) is 3.60. The van der Waals surface area contributed by atoms with E-state index >= 15 is 0 Å². The molecule has 1 N–H and O–H groups in total. The van der Waals surface area contributed by atoms with E-state index in [1.807, 2.05) is 0 Å². The highest BCUT2D eigenvalue weighted by Crippen LogP contribution is 2.36. The third kappa shape index (κ3) is 4.40. The number of alkyl halides is 2. The molecular formula is C18H24F2N2O3S. The van der Waals surface area contributed by atoms with E-state index in [-0.39, 0.29) is 17.0 Å². The zero-order valence-corrected chi connectivity index (χ0v) is 15.9. The maximum Gasteiger partial charge on any atom is 0.387 e. The highest BCUT2D eigenvalue weighted by atomic mass is 32.2. The Morgan fingerprint density at radius 2 is 2.08 bits per heavy atom. The first kappa shape index (κ1) is 19.2. The van der Waals surface area contributed by atoms with Crippen molar-refractivity contribution in [3.8, 4) is 5.75 Å². The molecule has 0 aliphatic heterocycles. The highest BCUT2D eigenvalue weighted by molar-refractivity contribution is 7.80. The lowest BCUT2D eigenvalue weighted by Crippen LogP contribution is -2.34. The van der Waals surface area contributed by atoms with Gasteiger partial charge in [-0.1, -0.05) is 27.2 Å². The predicted octanol–water partition coefficient (Wildman–Crippen LogP) is 4.66. The van der Waals surface area contributed by atoms with Gasteiger partial charge in [-0.15, -0.1) is 0 Å². The smallest absolute Gasteiger partial charge is 0.387 e. The SMILES string of the molecule is CC1CCC(C(C)C)C(OS(=O)c2nc3cc(OC(F)F)ccc3[nH]2)C1. The number of halogens is 2. The summed E-state index contributed by atoms with van der Waals surface area (Å²) in [6, 6.07) is 4.37. The Morgan fingerprint density at radius 3 is 2.77 bits per heavy atom. The molecule has 5 nitrogen and oxygen atoms in total. The van der Waals surface area contributed by atoms with E-state index in [9.17, 15) is 13.0 Å². The van der Waals surface area contributed by atoms with Gasteiger partial charge >= 0.3 is 6.61 Å². The maximum absolute atomic E-state index is 12.7. The molecule has 1 fully saturated rings. The number of imidazole rings is 1. The Balaban J connectivity index is 1.76. The molecule has 0 saturated heterocycles. The van der Waals surface area contributed by atoms with Crippen LogP contribution in [0.2, 0.25) is 0 Å². The van der Waals surface area contributed by atoms with Crippen LogP contribution in [0.5, 0.6) is 5.75 Å². The quantitative estimate of drug-likeness (QED) is 0.784. The third-order valence-corrected chi connectivity index (χ3v) is 5.92. The molecule has 0 radical (unpaired) electrons. The molecule has 0 amide bonds. The number of ether oxygens (including phenoxy) is 1. The number of nitrogens with one attached hydrogen (secondary N) is 1. The molecule has 144 valence electrons. The number of benzene rings is 1. The first-order valence-electron chi connectivity index (χ1n) is 8.87. The van der Waals surface area contributed by atoms with Crippen molar-refractivity contribution in [3.63, 3.8) is 0 Å². The molecule has 4 unspecified atom stereocenters. The molecule has 1 aliphatic rings. The molecule has 8 heteroatoms. The summed E-state index contributed by atoms with van der Waals surface area (Å²) in [6.45, 7) is 3.60. The standard InChI is InChI=1S/C18H24F2N2O3S/c1-10(2)13-6-4-11(3)8-16(13)25-26(23)18-21-14-7-5-12(24-17(19)20)9-15(14)22-18/h5,7,9-11,13,16-17H,4,6,8H2,1-3H3,(H,21,22). The van der Waals surface area contributed by atoms with E-state index in [1.165, 1.54) is 12.1 Å². The van der Waals surface area contributed by atoms with E-state index in [0.717, 1.165) is 19.3 Å².